The highest BCUT2D eigenvalue weighted by Gasteiger charge is 2.57. The minimum absolute atomic E-state index is 0.129. The summed E-state index contributed by atoms with van der Waals surface area (Å²) in [4.78, 5) is 23.9. The average molecular weight is 395 g/mol. The van der Waals surface area contributed by atoms with Gasteiger partial charge in [-0.2, -0.15) is 0 Å². The van der Waals surface area contributed by atoms with Gasteiger partial charge in [-0.25, -0.2) is 0 Å². The standard InChI is InChI=1S/C23H27NO2.CH2O2/c1-16-7-6-8-17(2)21(16)22(26)24-19-11-12-20(24)23(14-19,15-25)13-18-9-4-3-5-10-18;2-1-3/h3-10,19-20,25H,11-15H2,1-2H3;1H,(H,2,3)/t19-,20+,23-;/m0./s1. The molecule has 0 saturated carbocycles. The number of nitrogens with zero attached hydrogens (tertiary/aromatic N) is 1. The van der Waals surface area contributed by atoms with Gasteiger partial charge in [-0.3, -0.25) is 9.59 Å². The van der Waals surface area contributed by atoms with Gasteiger partial charge < -0.3 is 15.1 Å². The predicted octanol–water partition coefficient (Wildman–Crippen LogP) is 3.60. The van der Waals surface area contributed by atoms with Gasteiger partial charge in [0, 0.05) is 23.1 Å². The molecule has 2 heterocycles. The normalized spacial score (nSPS) is 24.7. The van der Waals surface area contributed by atoms with Crippen molar-refractivity contribution in [1.82, 2.24) is 4.90 Å². The lowest BCUT2D eigenvalue weighted by Gasteiger charge is -2.36. The minimum atomic E-state index is -0.250. The van der Waals surface area contributed by atoms with Gasteiger partial charge in [0.2, 0.25) is 0 Å². The van der Waals surface area contributed by atoms with Crippen LogP contribution in [0.4, 0.5) is 0 Å². The third kappa shape index (κ3) is 3.92. The number of aryl methyl sites for hydroxylation is 2. The third-order valence-corrected chi connectivity index (χ3v) is 6.49. The number of hydrogen-bond donors (Lipinski definition) is 2. The van der Waals surface area contributed by atoms with Crippen LogP contribution >= 0.6 is 0 Å². The topological polar surface area (TPSA) is 77.8 Å². The van der Waals surface area contributed by atoms with Crippen molar-refractivity contribution < 1.29 is 19.8 Å². The summed E-state index contributed by atoms with van der Waals surface area (Å²) >= 11 is 0. The molecule has 0 aliphatic carbocycles. The molecule has 2 bridgehead atoms. The van der Waals surface area contributed by atoms with Gasteiger partial charge in [-0.15, -0.1) is 0 Å². The number of rotatable bonds is 4. The molecule has 0 spiro atoms. The van der Waals surface area contributed by atoms with Crippen molar-refractivity contribution in [3.63, 3.8) is 0 Å². The Morgan fingerprint density at radius 3 is 2.31 bits per heavy atom. The number of carbonyl (C=O) groups is 2. The van der Waals surface area contributed by atoms with E-state index in [-0.39, 0.29) is 36.5 Å². The minimum Gasteiger partial charge on any atom is -0.483 e. The molecule has 2 aliphatic heterocycles. The summed E-state index contributed by atoms with van der Waals surface area (Å²) in [6, 6.07) is 16.8. The fourth-order valence-corrected chi connectivity index (χ4v) is 5.30. The second-order valence-corrected chi connectivity index (χ2v) is 8.22. The highest BCUT2D eigenvalue weighted by molar-refractivity contribution is 5.98. The van der Waals surface area contributed by atoms with Crippen LogP contribution in [0, 0.1) is 19.3 Å². The largest absolute Gasteiger partial charge is 0.483 e. The molecule has 2 N–H and O–H groups in total. The van der Waals surface area contributed by atoms with Crippen molar-refractivity contribution in [3.8, 4) is 0 Å². The van der Waals surface area contributed by atoms with E-state index in [0.717, 1.165) is 42.4 Å². The highest BCUT2D eigenvalue weighted by Crippen LogP contribution is 2.52. The molecule has 2 aromatic rings. The van der Waals surface area contributed by atoms with Gasteiger partial charge in [0.1, 0.15) is 0 Å². The second kappa shape index (κ2) is 8.78. The number of hydrogen-bond acceptors (Lipinski definition) is 3. The molecule has 0 radical (unpaired) electrons. The van der Waals surface area contributed by atoms with Crippen LogP contribution in [0.2, 0.25) is 0 Å². The molecule has 5 nitrogen and oxygen atoms in total. The molecule has 2 fully saturated rings. The summed E-state index contributed by atoms with van der Waals surface area (Å²) in [5, 5.41) is 17.2. The number of aliphatic hydroxyl groups is 1. The third-order valence-electron chi connectivity index (χ3n) is 6.49. The fraction of sp³-hybridized carbons (Fsp3) is 0.417. The Labute approximate surface area is 172 Å². The maximum Gasteiger partial charge on any atom is 0.290 e. The summed E-state index contributed by atoms with van der Waals surface area (Å²) in [5.74, 6) is 0.150. The summed E-state index contributed by atoms with van der Waals surface area (Å²) in [7, 11) is 0. The number of amides is 1. The number of fused-ring (bicyclic) bond motifs is 2. The Bertz CT molecular complexity index is 846. The average Bonchev–Trinajstić information content (AvgIpc) is 3.25. The Balaban J connectivity index is 0.000000755. The van der Waals surface area contributed by atoms with Crippen molar-refractivity contribution in [2.24, 2.45) is 5.41 Å². The first kappa shape index (κ1) is 21.1. The molecule has 154 valence electrons. The molecule has 0 aromatic heterocycles. The quantitative estimate of drug-likeness (QED) is 0.776. The maximum atomic E-state index is 13.4. The fourth-order valence-electron chi connectivity index (χ4n) is 5.30. The van der Waals surface area contributed by atoms with Crippen LogP contribution in [0.15, 0.2) is 48.5 Å². The zero-order valence-electron chi connectivity index (χ0n) is 17.0. The maximum absolute atomic E-state index is 13.4. The van der Waals surface area contributed by atoms with E-state index in [4.69, 9.17) is 9.90 Å². The molecule has 0 unspecified atom stereocenters. The molecule has 4 rings (SSSR count). The number of aliphatic hydroxyl groups excluding tert-OH is 1. The van der Waals surface area contributed by atoms with E-state index in [1.165, 1.54) is 5.56 Å². The molecule has 29 heavy (non-hydrogen) atoms. The van der Waals surface area contributed by atoms with Crippen LogP contribution < -0.4 is 0 Å². The lowest BCUT2D eigenvalue weighted by Crippen LogP contribution is -2.44. The van der Waals surface area contributed by atoms with Crippen LogP contribution in [0.5, 0.6) is 0 Å². The Morgan fingerprint density at radius 2 is 1.72 bits per heavy atom. The van der Waals surface area contributed by atoms with E-state index < -0.39 is 0 Å². The molecule has 2 saturated heterocycles. The van der Waals surface area contributed by atoms with E-state index in [2.05, 4.69) is 17.0 Å². The Hall–Kier alpha value is -2.66. The van der Waals surface area contributed by atoms with Gasteiger partial charge in [-0.1, -0.05) is 48.5 Å². The molecule has 3 atom stereocenters. The van der Waals surface area contributed by atoms with Crippen molar-refractivity contribution in [2.45, 2.75) is 51.6 Å². The molecule has 5 heteroatoms. The van der Waals surface area contributed by atoms with E-state index >= 15 is 0 Å². The molecule has 1 amide bonds. The van der Waals surface area contributed by atoms with Gasteiger partial charge >= 0.3 is 0 Å². The number of carbonyl (C=O) groups excluding carboxylic acids is 1. The highest BCUT2D eigenvalue weighted by atomic mass is 16.3. The van der Waals surface area contributed by atoms with Crippen LogP contribution in [-0.2, 0) is 11.2 Å². The smallest absolute Gasteiger partial charge is 0.290 e. The first-order chi connectivity index (χ1) is 14.0. The van der Waals surface area contributed by atoms with Crippen LogP contribution in [0.1, 0.15) is 46.3 Å². The SMILES string of the molecule is Cc1cccc(C)c1C(=O)N1[C@H]2CC[C@@H]1[C@@](CO)(Cc1ccccc1)C2.O=CO. The summed E-state index contributed by atoms with van der Waals surface area (Å²) in [6.07, 6.45) is 3.79. The summed E-state index contributed by atoms with van der Waals surface area (Å²) < 4.78 is 0. The lowest BCUT2D eigenvalue weighted by molar-refractivity contribution is -0.122. The molecular weight excluding hydrogens is 366 g/mol. The van der Waals surface area contributed by atoms with Gasteiger partial charge in [0.05, 0.1) is 6.61 Å². The van der Waals surface area contributed by atoms with E-state index in [1.807, 2.05) is 50.2 Å². The van der Waals surface area contributed by atoms with Crippen LogP contribution in [-0.4, -0.2) is 46.2 Å². The zero-order chi connectivity index (χ0) is 21.0. The first-order valence-electron chi connectivity index (χ1n) is 10.1. The predicted molar refractivity (Wildman–Crippen MR) is 112 cm³/mol. The Morgan fingerprint density at radius 1 is 1.10 bits per heavy atom. The van der Waals surface area contributed by atoms with Crippen molar-refractivity contribution >= 4 is 12.4 Å². The molecule has 2 aliphatic rings. The van der Waals surface area contributed by atoms with Gasteiger partial charge in [-0.05, 0) is 56.2 Å². The second-order valence-electron chi connectivity index (χ2n) is 8.22. The first-order valence-corrected chi connectivity index (χ1v) is 10.1. The van der Waals surface area contributed by atoms with E-state index in [1.54, 1.807) is 0 Å². The van der Waals surface area contributed by atoms with E-state index in [9.17, 15) is 9.90 Å². The molecule has 2 aromatic carbocycles. The Kier molecular flexibility index (Phi) is 6.38. The van der Waals surface area contributed by atoms with Crippen molar-refractivity contribution in [1.29, 1.82) is 0 Å². The summed E-state index contributed by atoms with van der Waals surface area (Å²) in [5.41, 5.74) is 3.96. The monoisotopic (exact) mass is 395 g/mol. The van der Waals surface area contributed by atoms with Crippen molar-refractivity contribution in [3.05, 3.63) is 70.8 Å². The van der Waals surface area contributed by atoms with Crippen LogP contribution in [0.25, 0.3) is 0 Å². The zero-order valence-corrected chi connectivity index (χ0v) is 17.0. The number of carboxylic acid groups (broad SMARTS) is 1. The van der Waals surface area contributed by atoms with Gasteiger partial charge in [0.15, 0.2) is 0 Å². The van der Waals surface area contributed by atoms with E-state index in [0.29, 0.717) is 0 Å². The van der Waals surface area contributed by atoms with Gasteiger partial charge in [0.25, 0.3) is 12.4 Å². The van der Waals surface area contributed by atoms with Crippen LogP contribution in [0.3, 0.4) is 0 Å². The number of benzene rings is 2. The summed E-state index contributed by atoms with van der Waals surface area (Å²) in [6.45, 7) is 3.92. The molecular formula is C24H29NO4. The van der Waals surface area contributed by atoms with Crippen molar-refractivity contribution in [2.75, 3.05) is 6.61 Å². The lowest BCUT2D eigenvalue weighted by atomic mass is 9.70.